The van der Waals surface area contributed by atoms with Crippen molar-refractivity contribution in [3.05, 3.63) is 11.5 Å². The molecule has 0 saturated carbocycles. The van der Waals surface area contributed by atoms with E-state index in [-0.39, 0.29) is 41.7 Å². The van der Waals surface area contributed by atoms with Crippen LogP contribution in [0, 0.1) is 86.1 Å². The Labute approximate surface area is 489 Å². The molecule has 0 amide bonds. The van der Waals surface area contributed by atoms with Crippen molar-refractivity contribution in [2.75, 3.05) is 148 Å². The Balaban J connectivity index is -0.0000000667. The fourth-order valence-electron chi connectivity index (χ4n) is 1.66. The summed E-state index contributed by atoms with van der Waals surface area (Å²) in [5.41, 5.74) is 56.9. The average Bonchev–Trinajstić information content (AvgIpc) is 3.47. The van der Waals surface area contributed by atoms with Crippen LogP contribution >= 0.6 is 0 Å². The van der Waals surface area contributed by atoms with Crippen LogP contribution in [0.1, 0.15) is 0 Å². The summed E-state index contributed by atoms with van der Waals surface area (Å²) in [6.07, 6.45) is 9.92. The molecule has 470 valence electrons. The van der Waals surface area contributed by atoms with Crippen LogP contribution in [0.4, 0.5) is 0 Å². The van der Waals surface area contributed by atoms with Gasteiger partial charge < -0.3 is 99.0 Å². The molecule has 0 saturated heterocycles. The van der Waals surface area contributed by atoms with E-state index in [4.69, 9.17) is 112 Å². The lowest BCUT2D eigenvalue weighted by atomic mass is 10.8. The number of nitrogens with two attached hydrogens (primary N) is 11. The van der Waals surface area contributed by atoms with Crippen LogP contribution in [-0.2, 0) is 0 Å². The first-order valence-corrected chi connectivity index (χ1v) is 21.8. The molecule has 0 aromatic heterocycles. The zero-order valence-electron chi connectivity index (χ0n) is 51.7. The van der Waals surface area contributed by atoms with Crippen molar-refractivity contribution in [3.8, 4) is 37.2 Å². The number of aliphatic imine (C=N–C) groups is 10. The van der Waals surface area contributed by atoms with Crippen LogP contribution in [0.3, 0.4) is 0 Å². The van der Waals surface area contributed by atoms with Gasteiger partial charge in [0.1, 0.15) is 0 Å². The minimum Gasteiger partial charge on any atom is -0.370 e. The van der Waals surface area contributed by atoms with Crippen molar-refractivity contribution in [1.82, 2.24) is 67.1 Å². The smallest absolute Gasteiger partial charge is 0.277 e. The first kappa shape index (κ1) is 99.7. The highest BCUT2D eigenvalue weighted by molar-refractivity contribution is 5.83. The Morgan fingerprint density at radius 2 is 0.687 bits per heavy atom. The zero-order valence-corrected chi connectivity index (χ0v) is 51.7. The van der Waals surface area contributed by atoms with Gasteiger partial charge in [-0.2, -0.15) is 43.1 Å². The molecule has 0 aliphatic heterocycles. The number of nitriles is 6. The summed E-state index contributed by atoms with van der Waals surface area (Å²) in [6, 6.07) is 0. The Morgan fingerprint density at radius 3 is 0.795 bits per heavy atom. The Bertz CT molecular complexity index is 2100. The van der Waals surface area contributed by atoms with E-state index in [0.29, 0.717) is 29.8 Å². The van der Waals surface area contributed by atoms with Gasteiger partial charge in [0, 0.05) is 148 Å². The summed E-state index contributed by atoms with van der Waals surface area (Å²) in [7, 11) is 34.5. The summed E-state index contributed by atoms with van der Waals surface area (Å²) in [5, 5.41) is 79.1. The SMILES string of the molecule is CN(C#N)C(N)=NC#N.CN(C)C(=N)N.CN(C)C(=N)N.CN=C(N)N.CN=C(N)N.CN=C(N)NC.CN=C(N)NC.CN=C(N)NC.CN=C(N)NC.CN=C(NC#N)N(C)C.CN=C(NC#N)NC#N.[C-]#[N+]NC(=NC)N(C)C#N. The molecule has 83 heavy (non-hydrogen) atoms. The van der Waals surface area contributed by atoms with Crippen molar-refractivity contribution >= 4 is 71.5 Å². The first-order valence-electron chi connectivity index (χ1n) is 21.8. The van der Waals surface area contributed by atoms with Crippen molar-refractivity contribution in [3.63, 3.8) is 0 Å². The van der Waals surface area contributed by atoms with Gasteiger partial charge in [0.2, 0.25) is 24.1 Å². The van der Waals surface area contributed by atoms with Gasteiger partial charge in [-0.1, -0.05) is 5.43 Å². The fraction of sp³-hybridized carbons (Fsp3) is 0.525. The van der Waals surface area contributed by atoms with E-state index in [2.05, 4.69) is 97.5 Å². The highest BCUT2D eigenvalue weighted by Crippen LogP contribution is 1.80. The number of guanidine groups is 12. The molecule has 0 aromatic rings. The van der Waals surface area contributed by atoms with Gasteiger partial charge in [-0.25, -0.2) is 4.90 Å². The maximum atomic E-state index is 8.32. The Kier molecular flexibility index (Phi) is 97.3. The molecule has 0 spiro atoms. The quantitative estimate of drug-likeness (QED) is 0.0267. The van der Waals surface area contributed by atoms with E-state index >= 15 is 0 Å². The predicted molar refractivity (Wildman–Crippen MR) is 335 cm³/mol. The predicted octanol–water partition coefficient (Wildman–Crippen LogP) is -9.01. The fourth-order valence-corrected chi connectivity index (χ4v) is 1.66. The van der Waals surface area contributed by atoms with Gasteiger partial charge in [0.25, 0.3) is 5.96 Å². The van der Waals surface area contributed by atoms with Crippen LogP contribution in [0.25, 0.3) is 4.95 Å². The third kappa shape index (κ3) is 115. The van der Waals surface area contributed by atoms with Crippen molar-refractivity contribution < 1.29 is 0 Å². The molecule has 0 atom stereocenters. The molecule has 0 radical (unpaired) electrons. The van der Waals surface area contributed by atoms with Gasteiger partial charge in [-0.05, 0) is 0 Å². The highest BCUT2D eigenvalue weighted by Gasteiger charge is 2.04. The highest BCUT2D eigenvalue weighted by atomic mass is 15.4. The van der Waals surface area contributed by atoms with Crippen LogP contribution in [-0.4, -0.2) is 244 Å². The summed E-state index contributed by atoms with van der Waals surface area (Å²) in [6.45, 7) is 6.40. The maximum Gasteiger partial charge on any atom is 0.277 e. The number of nitrogens with one attached hydrogen (secondary N) is 10. The molecular formula is C40H95N43. The van der Waals surface area contributed by atoms with Gasteiger partial charge in [-0.3, -0.25) is 76.6 Å². The number of hydrogen-bond acceptors (Lipinski definition) is 18. The third-order valence-corrected chi connectivity index (χ3v) is 6.34. The summed E-state index contributed by atoms with van der Waals surface area (Å²) < 4.78 is 0. The van der Waals surface area contributed by atoms with Gasteiger partial charge in [-0.15, -0.1) is 4.99 Å². The number of hydrogen-bond donors (Lipinski definition) is 21. The summed E-state index contributed by atoms with van der Waals surface area (Å²) in [5.74, 6) is 3.19. The monoisotopic (exact) mass is 1180 g/mol. The molecule has 43 nitrogen and oxygen atoms in total. The Hall–Kier alpha value is -12.3. The molecule has 0 rings (SSSR count). The van der Waals surface area contributed by atoms with Crippen LogP contribution in [0.15, 0.2) is 49.9 Å². The van der Waals surface area contributed by atoms with E-state index in [0.717, 1.165) is 9.80 Å². The molecule has 0 heterocycles. The van der Waals surface area contributed by atoms with Crippen LogP contribution < -0.4 is 106 Å². The molecular weight excluding hydrogens is 1080 g/mol. The average molecular weight is 1180 g/mol. The van der Waals surface area contributed by atoms with Crippen molar-refractivity contribution in [1.29, 1.82) is 42.4 Å². The largest absolute Gasteiger partial charge is 0.370 e. The molecule has 0 unspecified atom stereocenters. The van der Waals surface area contributed by atoms with E-state index in [9.17, 15) is 0 Å². The number of rotatable bonds is 0. The zero-order chi connectivity index (χ0) is 68.5. The number of nitrogens with zero attached hydrogens (tertiary/aromatic N) is 22. The van der Waals surface area contributed by atoms with E-state index in [1.54, 1.807) is 127 Å². The molecule has 0 aliphatic carbocycles. The van der Waals surface area contributed by atoms with E-state index in [1.807, 2.05) is 14.1 Å². The second-order valence-electron chi connectivity index (χ2n) is 12.7. The molecule has 0 aromatic carbocycles. The Morgan fingerprint density at radius 1 is 0.422 bits per heavy atom. The van der Waals surface area contributed by atoms with Crippen LogP contribution in [0.2, 0.25) is 0 Å². The normalized spacial score (nSPS) is 9.11. The standard InChI is InChI=1S/C5H7N5.C5H10N4.2C4H5N5.6C3H9N3.2C2H7N3/c1-7-5(9-8-2)10(3)4-6;1-7-5(8-4-6)9(2)3;1-9(3-6)4(7)8-2-5;1-7-4(8-2-5)9-3-6;2*1-6(2)3(4)5;4*1-5-3(4)6-2;2*1-5-2(3)4/h1,3H3,(H,7,9);1-3H3,(H,7,8);1H3,(H2,7,8);1H3,(H2,7,8,9);2*1-2H3,(H3,4,5);4*1-2H3,(H3,4,5,6);2*1H3,(H4,3,4,5). The molecule has 0 fully saturated rings. The first-order chi connectivity index (χ1) is 38.6. The minimum atomic E-state index is -0.0972. The van der Waals surface area contributed by atoms with Crippen molar-refractivity contribution in [2.45, 2.75) is 0 Å². The van der Waals surface area contributed by atoms with Gasteiger partial charge in [0.15, 0.2) is 78.6 Å². The van der Waals surface area contributed by atoms with Crippen LogP contribution in [0.5, 0.6) is 0 Å². The van der Waals surface area contributed by atoms with Gasteiger partial charge >= 0.3 is 0 Å². The second kappa shape index (κ2) is 81.0. The topological polar surface area (TPSA) is 717 Å². The maximum absolute atomic E-state index is 8.32. The summed E-state index contributed by atoms with van der Waals surface area (Å²) >= 11 is 0. The minimum absolute atomic E-state index is 0.0926. The molecule has 0 aliphatic rings. The van der Waals surface area contributed by atoms with Gasteiger partial charge in [0.05, 0.1) is 0 Å². The van der Waals surface area contributed by atoms with E-state index in [1.165, 1.54) is 58.3 Å². The lowest BCUT2D eigenvalue weighted by Crippen LogP contribution is -2.32. The van der Waals surface area contributed by atoms with E-state index < -0.39 is 0 Å². The summed E-state index contributed by atoms with van der Waals surface area (Å²) in [4.78, 5) is 44.9. The molecule has 0 bridgehead atoms. The lowest BCUT2D eigenvalue weighted by Gasteiger charge is -2.11. The second-order valence-corrected chi connectivity index (χ2v) is 12.7. The molecule has 32 N–H and O–H groups in total. The van der Waals surface area contributed by atoms with Crippen molar-refractivity contribution in [2.24, 2.45) is 113 Å². The lowest BCUT2D eigenvalue weighted by molar-refractivity contribution is 0.601. The molecule has 43 heteroatoms. The third-order valence-electron chi connectivity index (χ3n) is 6.34.